The summed E-state index contributed by atoms with van der Waals surface area (Å²) in [5.74, 6) is 0.876. The van der Waals surface area contributed by atoms with E-state index in [1.807, 2.05) is 37.4 Å². The van der Waals surface area contributed by atoms with Crippen molar-refractivity contribution in [2.45, 2.75) is 27.7 Å². The van der Waals surface area contributed by atoms with Crippen LogP contribution in [0.2, 0.25) is 0 Å². The van der Waals surface area contributed by atoms with Gasteiger partial charge in [0.15, 0.2) is 0 Å². The minimum absolute atomic E-state index is 0.660. The third-order valence-electron chi connectivity index (χ3n) is 3.19. The molecule has 0 atom stereocenters. The Balaban J connectivity index is 2.35. The molecule has 0 amide bonds. The molecule has 2 heteroatoms. The number of ether oxygens (including phenoxy) is 1. The van der Waals surface area contributed by atoms with E-state index in [9.17, 15) is 0 Å². The average Bonchev–Trinajstić information content (AvgIpc) is 2.39. The summed E-state index contributed by atoms with van der Waals surface area (Å²) in [6.45, 7) is 8.95. The second-order valence-electron chi connectivity index (χ2n) is 4.98. The molecule has 0 bridgehead atoms. The summed E-state index contributed by atoms with van der Waals surface area (Å²) in [6, 6.07) is 12.3. The molecule has 20 heavy (non-hydrogen) atoms. The van der Waals surface area contributed by atoms with Crippen LogP contribution in [0.3, 0.4) is 0 Å². The molecule has 0 N–H and O–H groups in total. The summed E-state index contributed by atoms with van der Waals surface area (Å²) < 4.78 is 5.61. The number of benzene rings is 2. The average molecular weight is 267 g/mol. The molecule has 0 radical (unpaired) electrons. The standard InChI is InChI=1S/C18H21NO/c1-5-20-17-9-7-6-8-16(17)12-19-18-14(3)10-13(2)11-15(18)4/h6-12H,5H2,1-4H3. The van der Waals surface area contributed by atoms with Crippen LogP contribution in [0, 0.1) is 20.8 Å². The second kappa shape index (κ2) is 6.38. The van der Waals surface area contributed by atoms with Gasteiger partial charge in [-0.1, -0.05) is 29.8 Å². The highest BCUT2D eigenvalue weighted by Crippen LogP contribution is 2.25. The van der Waals surface area contributed by atoms with E-state index in [0.29, 0.717) is 6.61 Å². The maximum Gasteiger partial charge on any atom is 0.128 e. The minimum Gasteiger partial charge on any atom is -0.493 e. The monoisotopic (exact) mass is 267 g/mol. The lowest BCUT2D eigenvalue weighted by atomic mass is 10.1. The molecule has 0 unspecified atom stereocenters. The summed E-state index contributed by atoms with van der Waals surface area (Å²) in [7, 11) is 0. The van der Waals surface area contributed by atoms with Crippen molar-refractivity contribution < 1.29 is 4.74 Å². The smallest absolute Gasteiger partial charge is 0.128 e. The molecule has 2 aromatic carbocycles. The van der Waals surface area contributed by atoms with Gasteiger partial charge in [-0.3, -0.25) is 4.99 Å². The topological polar surface area (TPSA) is 21.6 Å². The molecule has 2 nitrogen and oxygen atoms in total. The van der Waals surface area contributed by atoms with Crippen LogP contribution in [-0.4, -0.2) is 12.8 Å². The van der Waals surface area contributed by atoms with Gasteiger partial charge in [0.25, 0.3) is 0 Å². The lowest BCUT2D eigenvalue weighted by Crippen LogP contribution is -1.95. The second-order valence-corrected chi connectivity index (χ2v) is 4.98. The molecule has 0 saturated carbocycles. The third kappa shape index (κ3) is 3.27. The fourth-order valence-corrected chi connectivity index (χ4v) is 2.38. The predicted octanol–water partition coefficient (Wildman–Crippen LogP) is 4.76. The molecule has 0 aliphatic rings. The van der Waals surface area contributed by atoms with Crippen LogP contribution in [0.1, 0.15) is 29.2 Å². The number of rotatable bonds is 4. The van der Waals surface area contributed by atoms with Crippen molar-refractivity contribution in [3.05, 3.63) is 58.7 Å². The molecular weight excluding hydrogens is 246 g/mol. The molecule has 0 aliphatic carbocycles. The molecule has 0 aliphatic heterocycles. The normalized spacial score (nSPS) is 11.0. The van der Waals surface area contributed by atoms with Crippen LogP contribution in [0.4, 0.5) is 5.69 Å². The van der Waals surface area contributed by atoms with Crippen LogP contribution < -0.4 is 4.74 Å². The molecular formula is C18H21NO. The summed E-state index contributed by atoms with van der Waals surface area (Å²) >= 11 is 0. The van der Waals surface area contributed by atoms with Gasteiger partial charge in [-0.15, -0.1) is 0 Å². The van der Waals surface area contributed by atoms with E-state index in [4.69, 9.17) is 4.74 Å². The zero-order chi connectivity index (χ0) is 14.5. The van der Waals surface area contributed by atoms with Crippen LogP contribution >= 0.6 is 0 Å². The van der Waals surface area contributed by atoms with Crippen LogP contribution in [-0.2, 0) is 0 Å². The number of hydrogen-bond donors (Lipinski definition) is 0. The van der Waals surface area contributed by atoms with Gasteiger partial charge in [0.05, 0.1) is 12.3 Å². The fourth-order valence-electron chi connectivity index (χ4n) is 2.38. The number of nitrogens with zero attached hydrogens (tertiary/aromatic N) is 1. The highest BCUT2D eigenvalue weighted by atomic mass is 16.5. The molecule has 0 saturated heterocycles. The van der Waals surface area contributed by atoms with E-state index in [0.717, 1.165) is 17.0 Å². The van der Waals surface area contributed by atoms with Gasteiger partial charge in [-0.25, -0.2) is 0 Å². The number of hydrogen-bond acceptors (Lipinski definition) is 2. The first kappa shape index (κ1) is 14.3. The Kier molecular flexibility index (Phi) is 4.57. The van der Waals surface area contributed by atoms with E-state index in [1.165, 1.54) is 16.7 Å². The van der Waals surface area contributed by atoms with Crippen molar-refractivity contribution >= 4 is 11.9 Å². The van der Waals surface area contributed by atoms with Crippen LogP contribution in [0.25, 0.3) is 0 Å². The molecule has 0 spiro atoms. The van der Waals surface area contributed by atoms with Crippen LogP contribution in [0.15, 0.2) is 41.4 Å². The zero-order valence-corrected chi connectivity index (χ0v) is 12.6. The van der Waals surface area contributed by atoms with E-state index in [1.54, 1.807) is 0 Å². The number of aryl methyl sites for hydroxylation is 3. The minimum atomic E-state index is 0.660. The Morgan fingerprint density at radius 1 is 1.05 bits per heavy atom. The van der Waals surface area contributed by atoms with E-state index >= 15 is 0 Å². The lowest BCUT2D eigenvalue weighted by Gasteiger charge is -2.08. The van der Waals surface area contributed by atoms with Gasteiger partial charge in [0.2, 0.25) is 0 Å². The Hall–Kier alpha value is -2.09. The number of para-hydroxylation sites is 1. The summed E-state index contributed by atoms with van der Waals surface area (Å²) in [6.07, 6.45) is 1.88. The van der Waals surface area contributed by atoms with Gasteiger partial charge in [0.1, 0.15) is 5.75 Å². The Morgan fingerprint density at radius 3 is 2.35 bits per heavy atom. The van der Waals surface area contributed by atoms with Gasteiger partial charge in [-0.2, -0.15) is 0 Å². The molecule has 2 aromatic rings. The van der Waals surface area contributed by atoms with Crippen molar-refractivity contribution in [2.75, 3.05) is 6.61 Å². The van der Waals surface area contributed by atoms with E-state index in [2.05, 4.69) is 37.9 Å². The van der Waals surface area contributed by atoms with Crippen molar-refractivity contribution in [1.29, 1.82) is 0 Å². The summed E-state index contributed by atoms with van der Waals surface area (Å²) in [4.78, 5) is 4.65. The SMILES string of the molecule is CCOc1ccccc1C=Nc1c(C)cc(C)cc1C. The first-order valence-corrected chi connectivity index (χ1v) is 6.95. The number of aliphatic imine (C=N–C) groups is 1. The lowest BCUT2D eigenvalue weighted by molar-refractivity contribution is 0.340. The zero-order valence-electron chi connectivity index (χ0n) is 12.6. The summed E-state index contributed by atoms with van der Waals surface area (Å²) in [5.41, 5.74) is 5.73. The summed E-state index contributed by atoms with van der Waals surface area (Å²) in [5, 5.41) is 0. The van der Waals surface area contributed by atoms with Gasteiger partial charge >= 0.3 is 0 Å². The van der Waals surface area contributed by atoms with E-state index < -0.39 is 0 Å². The van der Waals surface area contributed by atoms with Crippen molar-refractivity contribution in [2.24, 2.45) is 4.99 Å². The van der Waals surface area contributed by atoms with Gasteiger partial charge in [-0.05, 0) is 51.0 Å². The highest BCUT2D eigenvalue weighted by molar-refractivity contribution is 5.86. The Morgan fingerprint density at radius 2 is 1.70 bits per heavy atom. The van der Waals surface area contributed by atoms with Crippen molar-refractivity contribution in [3.63, 3.8) is 0 Å². The predicted molar refractivity (Wildman–Crippen MR) is 85.5 cm³/mol. The molecule has 104 valence electrons. The van der Waals surface area contributed by atoms with Crippen molar-refractivity contribution in [3.8, 4) is 5.75 Å². The third-order valence-corrected chi connectivity index (χ3v) is 3.19. The first-order chi connectivity index (χ1) is 9.61. The van der Waals surface area contributed by atoms with Crippen molar-refractivity contribution in [1.82, 2.24) is 0 Å². The van der Waals surface area contributed by atoms with Gasteiger partial charge < -0.3 is 4.74 Å². The molecule has 2 rings (SSSR count). The Bertz CT molecular complexity index is 606. The fraction of sp³-hybridized carbons (Fsp3) is 0.278. The van der Waals surface area contributed by atoms with Gasteiger partial charge in [0, 0.05) is 11.8 Å². The maximum absolute atomic E-state index is 5.61. The quantitative estimate of drug-likeness (QED) is 0.732. The first-order valence-electron chi connectivity index (χ1n) is 6.95. The molecule has 0 aromatic heterocycles. The van der Waals surface area contributed by atoms with Crippen LogP contribution in [0.5, 0.6) is 5.75 Å². The Labute approximate surface area is 121 Å². The highest BCUT2D eigenvalue weighted by Gasteiger charge is 2.03. The van der Waals surface area contributed by atoms with E-state index in [-0.39, 0.29) is 0 Å². The molecule has 0 fully saturated rings. The molecule has 0 heterocycles. The largest absolute Gasteiger partial charge is 0.493 e. The maximum atomic E-state index is 5.61.